The topological polar surface area (TPSA) is 12.0 Å². The van der Waals surface area contributed by atoms with E-state index >= 15 is 0 Å². The van der Waals surface area contributed by atoms with Crippen molar-refractivity contribution in [3.63, 3.8) is 0 Å². The molecule has 0 aliphatic carbocycles. The van der Waals surface area contributed by atoms with Gasteiger partial charge in [0.15, 0.2) is 0 Å². The van der Waals surface area contributed by atoms with Crippen LogP contribution < -0.4 is 5.32 Å². The van der Waals surface area contributed by atoms with E-state index in [1.54, 1.807) is 6.07 Å². The third-order valence-corrected chi connectivity index (χ3v) is 3.42. The highest BCUT2D eigenvalue weighted by Crippen LogP contribution is 2.17. The van der Waals surface area contributed by atoms with Gasteiger partial charge >= 0.3 is 0 Å². The van der Waals surface area contributed by atoms with Crippen LogP contribution in [0.2, 0.25) is 5.02 Å². The zero-order valence-electron chi connectivity index (χ0n) is 11.1. The van der Waals surface area contributed by atoms with Crippen LogP contribution in [0.1, 0.15) is 29.7 Å². The molecule has 0 saturated carbocycles. The third-order valence-electron chi connectivity index (χ3n) is 3.17. The quantitative estimate of drug-likeness (QED) is 0.858. The summed E-state index contributed by atoms with van der Waals surface area (Å²) >= 11 is 5.86. The molecule has 0 spiro atoms. The highest BCUT2D eigenvalue weighted by atomic mass is 35.5. The van der Waals surface area contributed by atoms with Gasteiger partial charge in [-0.05, 0) is 37.6 Å². The summed E-state index contributed by atoms with van der Waals surface area (Å²) in [6.45, 7) is 4.53. The smallest absolute Gasteiger partial charge is 0.127 e. The molecule has 0 amide bonds. The molecule has 0 saturated heterocycles. The van der Waals surface area contributed by atoms with Crippen molar-refractivity contribution in [2.75, 3.05) is 0 Å². The van der Waals surface area contributed by atoms with Crippen molar-refractivity contribution < 1.29 is 4.39 Å². The lowest BCUT2D eigenvalue weighted by atomic mass is 10.1. The molecule has 0 bridgehead atoms. The molecule has 0 aromatic heterocycles. The molecule has 3 heteroatoms. The number of nitrogens with one attached hydrogen (secondary N) is 1. The first-order chi connectivity index (χ1) is 9.06. The SMILES string of the molecule is Cc1ccc(F)c(CN[C@@H](C)c2ccc(Cl)cc2)c1. The van der Waals surface area contributed by atoms with Gasteiger partial charge in [-0.1, -0.05) is 41.4 Å². The maximum Gasteiger partial charge on any atom is 0.127 e. The van der Waals surface area contributed by atoms with Gasteiger partial charge in [0.05, 0.1) is 0 Å². The van der Waals surface area contributed by atoms with Crippen molar-refractivity contribution in [3.05, 3.63) is 70.0 Å². The Balaban J connectivity index is 2.02. The predicted molar refractivity (Wildman–Crippen MR) is 77.8 cm³/mol. The lowest BCUT2D eigenvalue weighted by molar-refractivity contribution is 0.544. The predicted octanol–water partition coefficient (Wildman–Crippen LogP) is 4.64. The van der Waals surface area contributed by atoms with Crippen LogP contribution >= 0.6 is 11.6 Å². The molecule has 0 unspecified atom stereocenters. The zero-order valence-corrected chi connectivity index (χ0v) is 11.8. The number of rotatable bonds is 4. The van der Waals surface area contributed by atoms with E-state index in [1.807, 2.05) is 37.3 Å². The Labute approximate surface area is 118 Å². The second kappa shape index (κ2) is 6.18. The first-order valence-corrected chi connectivity index (χ1v) is 6.68. The Morgan fingerprint density at radius 1 is 1.16 bits per heavy atom. The standard InChI is InChI=1S/C16H17ClFN/c1-11-3-8-16(18)14(9-11)10-19-12(2)13-4-6-15(17)7-5-13/h3-9,12,19H,10H2,1-2H3/t12-/m0/s1. The summed E-state index contributed by atoms with van der Waals surface area (Å²) < 4.78 is 13.6. The first-order valence-electron chi connectivity index (χ1n) is 6.30. The first kappa shape index (κ1) is 14.0. The molecular formula is C16H17ClFN. The van der Waals surface area contributed by atoms with Crippen LogP contribution in [0, 0.1) is 12.7 Å². The fourth-order valence-electron chi connectivity index (χ4n) is 1.97. The van der Waals surface area contributed by atoms with E-state index in [2.05, 4.69) is 12.2 Å². The Kier molecular flexibility index (Phi) is 4.56. The second-order valence-electron chi connectivity index (χ2n) is 4.75. The summed E-state index contributed by atoms with van der Waals surface area (Å²) in [7, 11) is 0. The van der Waals surface area contributed by atoms with Crippen LogP contribution in [0.3, 0.4) is 0 Å². The van der Waals surface area contributed by atoms with Gasteiger partial charge in [-0.2, -0.15) is 0 Å². The Morgan fingerprint density at radius 2 is 1.84 bits per heavy atom. The summed E-state index contributed by atoms with van der Waals surface area (Å²) in [5.74, 6) is -0.165. The summed E-state index contributed by atoms with van der Waals surface area (Å²) in [6.07, 6.45) is 0. The molecule has 0 radical (unpaired) electrons. The molecule has 0 heterocycles. The number of aryl methyl sites for hydroxylation is 1. The van der Waals surface area contributed by atoms with Crippen LogP contribution in [0.4, 0.5) is 4.39 Å². The van der Waals surface area contributed by atoms with Gasteiger partial charge in [0.25, 0.3) is 0 Å². The summed E-state index contributed by atoms with van der Waals surface area (Å²) in [6, 6.07) is 13.0. The minimum absolute atomic E-state index is 0.150. The van der Waals surface area contributed by atoms with Crippen LogP contribution in [-0.4, -0.2) is 0 Å². The molecular weight excluding hydrogens is 261 g/mol. The molecule has 1 N–H and O–H groups in total. The molecule has 0 fully saturated rings. The number of hydrogen-bond donors (Lipinski definition) is 1. The fraction of sp³-hybridized carbons (Fsp3) is 0.250. The van der Waals surface area contributed by atoms with Crippen LogP contribution in [0.5, 0.6) is 0 Å². The van der Waals surface area contributed by atoms with Crippen molar-refractivity contribution in [2.45, 2.75) is 26.4 Å². The number of benzene rings is 2. The maximum absolute atomic E-state index is 13.6. The lowest BCUT2D eigenvalue weighted by Gasteiger charge is -2.15. The maximum atomic E-state index is 13.6. The molecule has 2 aromatic rings. The van der Waals surface area contributed by atoms with E-state index < -0.39 is 0 Å². The minimum atomic E-state index is -0.165. The largest absolute Gasteiger partial charge is 0.306 e. The Hall–Kier alpha value is -1.38. The second-order valence-corrected chi connectivity index (χ2v) is 5.19. The normalized spacial score (nSPS) is 12.4. The highest BCUT2D eigenvalue weighted by molar-refractivity contribution is 6.30. The van der Waals surface area contributed by atoms with Gasteiger partial charge < -0.3 is 5.32 Å². The molecule has 1 atom stereocenters. The minimum Gasteiger partial charge on any atom is -0.306 e. The number of hydrogen-bond acceptors (Lipinski definition) is 1. The Morgan fingerprint density at radius 3 is 2.53 bits per heavy atom. The molecule has 19 heavy (non-hydrogen) atoms. The molecule has 0 aliphatic heterocycles. The van der Waals surface area contributed by atoms with Crippen LogP contribution in [0.25, 0.3) is 0 Å². The van der Waals surface area contributed by atoms with E-state index in [-0.39, 0.29) is 11.9 Å². The van der Waals surface area contributed by atoms with Crippen LogP contribution in [-0.2, 0) is 6.54 Å². The van der Waals surface area contributed by atoms with E-state index in [9.17, 15) is 4.39 Å². The van der Waals surface area contributed by atoms with Gasteiger partial charge in [0.1, 0.15) is 5.82 Å². The van der Waals surface area contributed by atoms with Gasteiger partial charge in [-0.25, -0.2) is 4.39 Å². The van der Waals surface area contributed by atoms with E-state index in [0.29, 0.717) is 12.1 Å². The third kappa shape index (κ3) is 3.79. The molecule has 0 aliphatic rings. The molecule has 2 rings (SSSR count). The van der Waals surface area contributed by atoms with Crippen molar-refractivity contribution in [2.24, 2.45) is 0 Å². The lowest BCUT2D eigenvalue weighted by Crippen LogP contribution is -2.18. The summed E-state index contributed by atoms with van der Waals surface area (Å²) in [4.78, 5) is 0. The van der Waals surface area contributed by atoms with Gasteiger partial charge in [0, 0.05) is 23.2 Å². The van der Waals surface area contributed by atoms with Crippen LogP contribution in [0.15, 0.2) is 42.5 Å². The highest BCUT2D eigenvalue weighted by Gasteiger charge is 2.07. The Bertz CT molecular complexity index is 551. The van der Waals surface area contributed by atoms with Gasteiger partial charge in [0.2, 0.25) is 0 Å². The molecule has 2 aromatic carbocycles. The molecule has 100 valence electrons. The van der Waals surface area contributed by atoms with E-state index in [4.69, 9.17) is 11.6 Å². The van der Waals surface area contributed by atoms with Crippen molar-refractivity contribution >= 4 is 11.6 Å². The monoisotopic (exact) mass is 277 g/mol. The van der Waals surface area contributed by atoms with E-state index in [1.165, 1.54) is 6.07 Å². The fourth-order valence-corrected chi connectivity index (χ4v) is 2.10. The van der Waals surface area contributed by atoms with E-state index in [0.717, 1.165) is 16.1 Å². The number of halogens is 2. The molecule has 1 nitrogen and oxygen atoms in total. The average Bonchev–Trinajstić information content (AvgIpc) is 2.40. The summed E-state index contributed by atoms with van der Waals surface area (Å²) in [5.41, 5.74) is 2.90. The average molecular weight is 278 g/mol. The summed E-state index contributed by atoms with van der Waals surface area (Å²) in [5, 5.41) is 4.04. The van der Waals surface area contributed by atoms with Crippen molar-refractivity contribution in [1.82, 2.24) is 5.32 Å². The van der Waals surface area contributed by atoms with Crippen molar-refractivity contribution in [3.8, 4) is 0 Å². The van der Waals surface area contributed by atoms with Crippen molar-refractivity contribution in [1.29, 1.82) is 0 Å². The van der Waals surface area contributed by atoms with Gasteiger partial charge in [-0.3, -0.25) is 0 Å². The van der Waals surface area contributed by atoms with Gasteiger partial charge in [-0.15, -0.1) is 0 Å². The zero-order chi connectivity index (χ0) is 13.8.